The third-order valence-corrected chi connectivity index (χ3v) is 4.80. The van der Waals surface area contributed by atoms with Gasteiger partial charge in [0, 0.05) is 41.9 Å². The van der Waals surface area contributed by atoms with Crippen molar-refractivity contribution in [1.82, 2.24) is 10.1 Å². The summed E-state index contributed by atoms with van der Waals surface area (Å²) >= 11 is 5.86. The molecule has 2 aromatic carbocycles. The van der Waals surface area contributed by atoms with Crippen LogP contribution in [-0.2, 0) is 9.59 Å². The van der Waals surface area contributed by atoms with Gasteiger partial charge in [0.1, 0.15) is 0 Å². The number of aryl methyl sites for hydroxylation is 1. The highest BCUT2D eigenvalue weighted by Gasteiger charge is 2.35. The minimum absolute atomic E-state index is 0.0994. The second kappa shape index (κ2) is 7.44. The molecule has 8 heteroatoms. The average molecular weight is 397 g/mol. The number of rotatable bonds is 4. The van der Waals surface area contributed by atoms with E-state index in [-0.39, 0.29) is 18.2 Å². The third-order valence-electron chi connectivity index (χ3n) is 4.55. The van der Waals surface area contributed by atoms with Gasteiger partial charge in [-0.25, -0.2) is 0 Å². The molecule has 1 atom stereocenters. The first-order chi connectivity index (χ1) is 13.5. The molecule has 0 unspecified atom stereocenters. The van der Waals surface area contributed by atoms with Gasteiger partial charge in [-0.05, 0) is 36.4 Å². The number of halogens is 1. The molecule has 4 rings (SSSR count). The van der Waals surface area contributed by atoms with E-state index in [1.54, 1.807) is 36.1 Å². The number of amides is 2. The molecule has 1 fully saturated rings. The maximum atomic E-state index is 12.6. The molecule has 1 N–H and O–H groups in total. The van der Waals surface area contributed by atoms with Gasteiger partial charge in [-0.2, -0.15) is 4.98 Å². The van der Waals surface area contributed by atoms with Gasteiger partial charge in [-0.15, -0.1) is 0 Å². The first-order valence-corrected chi connectivity index (χ1v) is 9.15. The Morgan fingerprint density at radius 1 is 1.25 bits per heavy atom. The zero-order valence-corrected chi connectivity index (χ0v) is 15.8. The normalized spacial score (nSPS) is 16.4. The first kappa shape index (κ1) is 18.2. The Balaban J connectivity index is 1.49. The van der Waals surface area contributed by atoms with Gasteiger partial charge in [0.25, 0.3) is 0 Å². The number of hydrogen-bond acceptors (Lipinski definition) is 5. The van der Waals surface area contributed by atoms with Crippen molar-refractivity contribution < 1.29 is 14.1 Å². The fourth-order valence-corrected chi connectivity index (χ4v) is 3.27. The molecule has 28 heavy (non-hydrogen) atoms. The largest absolute Gasteiger partial charge is 0.339 e. The summed E-state index contributed by atoms with van der Waals surface area (Å²) in [7, 11) is 0. The molecule has 1 aromatic heterocycles. The van der Waals surface area contributed by atoms with Crippen LogP contribution in [-0.4, -0.2) is 28.5 Å². The van der Waals surface area contributed by atoms with Gasteiger partial charge in [-0.3, -0.25) is 9.59 Å². The Labute approximate surface area is 166 Å². The van der Waals surface area contributed by atoms with Crippen molar-refractivity contribution >= 4 is 34.8 Å². The Morgan fingerprint density at radius 2 is 2.04 bits per heavy atom. The number of aromatic nitrogens is 2. The van der Waals surface area contributed by atoms with Crippen molar-refractivity contribution in [2.24, 2.45) is 5.92 Å². The Hall–Kier alpha value is -3.19. The molecule has 0 bridgehead atoms. The predicted molar refractivity (Wildman–Crippen MR) is 105 cm³/mol. The Morgan fingerprint density at radius 3 is 2.75 bits per heavy atom. The third kappa shape index (κ3) is 3.75. The van der Waals surface area contributed by atoms with Crippen molar-refractivity contribution in [3.8, 4) is 11.4 Å². The first-order valence-electron chi connectivity index (χ1n) is 8.77. The SMILES string of the molecule is Cc1nc(-c2cccc(N3C[C@@H](C(=O)Nc4ccc(Cl)cc4)CC3=O)c2)no1. The summed E-state index contributed by atoms with van der Waals surface area (Å²) < 4.78 is 5.02. The van der Waals surface area contributed by atoms with Gasteiger partial charge in [0.2, 0.25) is 23.5 Å². The molecular weight excluding hydrogens is 380 g/mol. The highest BCUT2D eigenvalue weighted by atomic mass is 35.5. The highest BCUT2D eigenvalue weighted by molar-refractivity contribution is 6.30. The summed E-state index contributed by atoms with van der Waals surface area (Å²) in [5, 5.41) is 7.34. The van der Waals surface area contributed by atoms with Crippen LogP contribution >= 0.6 is 11.6 Å². The van der Waals surface area contributed by atoms with Crippen molar-refractivity contribution in [3.05, 3.63) is 59.4 Å². The number of carbonyl (C=O) groups is 2. The van der Waals surface area contributed by atoms with Crippen LogP contribution in [0.25, 0.3) is 11.4 Å². The lowest BCUT2D eigenvalue weighted by Crippen LogP contribution is -2.28. The standard InChI is InChI=1S/C20H17ClN4O3/c1-12-22-19(24-28-12)13-3-2-4-17(9-13)25-11-14(10-18(25)26)20(27)23-16-7-5-15(21)6-8-16/h2-9,14H,10-11H2,1H3,(H,23,27)/t14-/m0/s1. The molecule has 0 aliphatic carbocycles. The fraction of sp³-hybridized carbons (Fsp3) is 0.200. The van der Waals surface area contributed by atoms with Crippen LogP contribution in [0.3, 0.4) is 0 Å². The summed E-state index contributed by atoms with van der Waals surface area (Å²) in [5.74, 6) is 0.208. The lowest BCUT2D eigenvalue weighted by atomic mass is 10.1. The zero-order chi connectivity index (χ0) is 19.7. The summed E-state index contributed by atoms with van der Waals surface area (Å²) in [4.78, 5) is 30.9. The van der Waals surface area contributed by atoms with Gasteiger partial charge in [0.15, 0.2) is 0 Å². The Kier molecular flexibility index (Phi) is 4.83. The van der Waals surface area contributed by atoms with E-state index in [2.05, 4.69) is 15.5 Å². The summed E-state index contributed by atoms with van der Waals surface area (Å²) in [6.07, 6.45) is 0.158. The fourth-order valence-electron chi connectivity index (χ4n) is 3.14. The number of nitrogens with zero attached hydrogens (tertiary/aromatic N) is 3. The van der Waals surface area contributed by atoms with E-state index in [4.69, 9.17) is 16.1 Å². The molecule has 142 valence electrons. The van der Waals surface area contributed by atoms with Crippen LogP contribution in [0.5, 0.6) is 0 Å². The molecule has 0 spiro atoms. The molecule has 2 amide bonds. The van der Waals surface area contributed by atoms with Crippen LogP contribution in [0.1, 0.15) is 12.3 Å². The number of carbonyl (C=O) groups excluding carboxylic acids is 2. The molecule has 0 radical (unpaired) electrons. The lowest BCUT2D eigenvalue weighted by Gasteiger charge is -2.17. The number of nitrogens with one attached hydrogen (secondary N) is 1. The quantitative estimate of drug-likeness (QED) is 0.726. The molecule has 1 aliphatic rings. The molecule has 7 nitrogen and oxygen atoms in total. The average Bonchev–Trinajstić information content (AvgIpc) is 3.30. The van der Waals surface area contributed by atoms with Gasteiger partial charge in [0.05, 0.1) is 5.92 Å². The van der Waals surface area contributed by atoms with Crippen molar-refractivity contribution in [2.45, 2.75) is 13.3 Å². The predicted octanol–water partition coefficient (Wildman–Crippen LogP) is 3.69. The van der Waals surface area contributed by atoms with E-state index < -0.39 is 5.92 Å². The minimum Gasteiger partial charge on any atom is -0.339 e. The molecule has 2 heterocycles. The molecule has 3 aromatic rings. The topological polar surface area (TPSA) is 88.3 Å². The van der Waals surface area contributed by atoms with E-state index in [0.717, 1.165) is 5.56 Å². The summed E-state index contributed by atoms with van der Waals surface area (Å²) in [6.45, 7) is 2.03. The van der Waals surface area contributed by atoms with Crippen LogP contribution < -0.4 is 10.2 Å². The van der Waals surface area contributed by atoms with Gasteiger partial charge < -0.3 is 14.7 Å². The zero-order valence-electron chi connectivity index (χ0n) is 15.1. The van der Waals surface area contributed by atoms with Crippen molar-refractivity contribution in [1.29, 1.82) is 0 Å². The number of benzene rings is 2. The maximum Gasteiger partial charge on any atom is 0.229 e. The van der Waals surface area contributed by atoms with Gasteiger partial charge in [-0.1, -0.05) is 28.9 Å². The van der Waals surface area contributed by atoms with Gasteiger partial charge >= 0.3 is 0 Å². The second-order valence-electron chi connectivity index (χ2n) is 6.59. The number of hydrogen-bond donors (Lipinski definition) is 1. The molecule has 1 aliphatic heterocycles. The van der Waals surface area contributed by atoms with Crippen LogP contribution in [0.4, 0.5) is 11.4 Å². The second-order valence-corrected chi connectivity index (χ2v) is 7.03. The van der Waals surface area contributed by atoms with Crippen LogP contribution in [0.2, 0.25) is 5.02 Å². The smallest absolute Gasteiger partial charge is 0.229 e. The highest BCUT2D eigenvalue weighted by Crippen LogP contribution is 2.29. The lowest BCUT2D eigenvalue weighted by molar-refractivity contribution is -0.122. The van der Waals surface area contributed by atoms with Crippen LogP contribution in [0.15, 0.2) is 53.1 Å². The maximum absolute atomic E-state index is 12.6. The van der Waals surface area contributed by atoms with E-state index in [1.807, 2.05) is 24.3 Å². The van der Waals surface area contributed by atoms with E-state index in [9.17, 15) is 9.59 Å². The van der Waals surface area contributed by atoms with Crippen LogP contribution in [0, 0.1) is 12.8 Å². The molecule has 0 saturated carbocycles. The van der Waals surface area contributed by atoms with Crippen molar-refractivity contribution in [2.75, 3.05) is 16.8 Å². The van der Waals surface area contributed by atoms with Crippen molar-refractivity contribution in [3.63, 3.8) is 0 Å². The molecule has 1 saturated heterocycles. The Bertz CT molecular complexity index is 1030. The summed E-state index contributed by atoms with van der Waals surface area (Å²) in [5.41, 5.74) is 2.10. The van der Waals surface area contributed by atoms with E-state index in [1.165, 1.54) is 0 Å². The molecular formula is C20H17ClN4O3. The minimum atomic E-state index is -0.431. The summed E-state index contributed by atoms with van der Waals surface area (Å²) in [6, 6.07) is 14.2. The number of anilines is 2. The van der Waals surface area contributed by atoms with E-state index in [0.29, 0.717) is 34.7 Å². The van der Waals surface area contributed by atoms with E-state index >= 15 is 0 Å². The monoisotopic (exact) mass is 396 g/mol.